The molecule has 0 aliphatic heterocycles. The lowest BCUT2D eigenvalue weighted by Gasteiger charge is -1.92. The van der Waals surface area contributed by atoms with E-state index in [9.17, 15) is 4.79 Å². The summed E-state index contributed by atoms with van der Waals surface area (Å²) < 4.78 is 3.59. The third-order valence-corrected chi connectivity index (χ3v) is 1.61. The van der Waals surface area contributed by atoms with Crippen LogP contribution in [0.25, 0.3) is 0 Å². The Kier molecular flexibility index (Phi) is 2.48. The summed E-state index contributed by atoms with van der Waals surface area (Å²) in [6.45, 7) is 5.46. The van der Waals surface area contributed by atoms with Gasteiger partial charge < -0.3 is 0 Å². The molecule has 0 unspecified atom stereocenters. The maximum atomic E-state index is 11.2. The zero-order chi connectivity index (χ0) is 8.27. The minimum absolute atomic E-state index is 0.00810. The van der Waals surface area contributed by atoms with Gasteiger partial charge in [0.25, 0.3) is 0 Å². The lowest BCUT2D eigenvalue weighted by molar-refractivity contribution is 0.0988. The molecule has 1 aromatic heterocycles. The first-order chi connectivity index (χ1) is 5.20. The predicted octanol–water partition coefficient (Wildman–Crippen LogP) is 1.69. The number of Topliss-reactive ketones (excluding diaryl/α,β-unsaturated/α-hetero) is 1. The highest BCUT2D eigenvalue weighted by Gasteiger charge is 2.07. The van der Waals surface area contributed by atoms with Crippen LogP contribution in [0.3, 0.4) is 0 Å². The smallest absolute Gasteiger partial charge is 0.187 e. The zero-order valence-corrected chi connectivity index (χ0v) is 7.02. The van der Waals surface area contributed by atoms with Gasteiger partial charge in [0.1, 0.15) is 5.69 Å². The van der Waals surface area contributed by atoms with E-state index in [1.807, 2.05) is 6.92 Å². The van der Waals surface area contributed by atoms with Gasteiger partial charge in [-0.2, -0.15) is 0 Å². The van der Waals surface area contributed by atoms with Gasteiger partial charge in [0.2, 0.25) is 0 Å². The van der Waals surface area contributed by atoms with Crippen LogP contribution in [0.1, 0.15) is 23.8 Å². The highest BCUT2D eigenvalue weighted by atomic mass is 32.1. The lowest BCUT2D eigenvalue weighted by Crippen LogP contribution is -1.99. The van der Waals surface area contributed by atoms with Gasteiger partial charge in [0, 0.05) is 11.8 Å². The van der Waals surface area contributed by atoms with Crippen molar-refractivity contribution in [3.63, 3.8) is 0 Å². The van der Waals surface area contributed by atoms with Crippen molar-refractivity contribution in [3.05, 3.63) is 23.2 Å². The van der Waals surface area contributed by atoms with Gasteiger partial charge in [0.05, 0.1) is 0 Å². The van der Waals surface area contributed by atoms with Gasteiger partial charge in [-0.15, -0.1) is 5.10 Å². The van der Waals surface area contributed by atoms with Gasteiger partial charge in [0.15, 0.2) is 5.78 Å². The monoisotopic (exact) mass is 168 g/mol. The molecule has 11 heavy (non-hydrogen) atoms. The molecule has 0 amide bonds. The Morgan fingerprint density at radius 2 is 2.55 bits per heavy atom. The van der Waals surface area contributed by atoms with Gasteiger partial charge in [-0.3, -0.25) is 4.79 Å². The number of allylic oxidation sites excluding steroid dienone is 1. The largest absolute Gasteiger partial charge is 0.292 e. The second-order valence-electron chi connectivity index (χ2n) is 2.35. The number of nitrogens with zero attached hydrogens (tertiary/aromatic N) is 2. The molecule has 3 nitrogen and oxygen atoms in total. The third-order valence-electron chi connectivity index (χ3n) is 1.11. The molecule has 0 saturated carbocycles. The fourth-order valence-electron chi connectivity index (χ4n) is 0.651. The molecule has 0 bridgehead atoms. The molecule has 4 heteroatoms. The van der Waals surface area contributed by atoms with E-state index in [0.29, 0.717) is 12.1 Å². The van der Waals surface area contributed by atoms with E-state index >= 15 is 0 Å². The highest BCUT2D eigenvalue weighted by Crippen LogP contribution is 2.05. The number of carbonyl (C=O) groups is 1. The average Bonchev–Trinajstić information content (AvgIpc) is 2.35. The van der Waals surface area contributed by atoms with Gasteiger partial charge in [-0.1, -0.05) is 16.6 Å². The summed E-state index contributed by atoms with van der Waals surface area (Å²) in [7, 11) is 0. The second-order valence-corrected chi connectivity index (χ2v) is 2.96. The van der Waals surface area contributed by atoms with Gasteiger partial charge in [-0.25, -0.2) is 0 Å². The van der Waals surface area contributed by atoms with Gasteiger partial charge in [-0.05, 0) is 18.5 Å². The van der Waals surface area contributed by atoms with E-state index in [2.05, 4.69) is 16.2 Å². The van der Waals surface area contributed by atoms with Crippen LogP contribution < -0.4 is 0 Å². The lowest BCUT2D eigenvalue weighted by atomic mass is 10.1. The number of hydrogen-bond acceptors (Lipinski definition) is 4. The first-order valence-corrected chi connectivity index (χ1v) is 3.98. The van der Waals surface area contributed by atoms with Crippen molar-refractivity contribution in [2.75, 3.05) is 0 Å². The van der Waals surface area contributed by atoms with Crippen LogP contribution in [-0.2, 0) is 0 Å². The van der Waals surface area contributed by atoms with Crippen LogP contribution in [0.15, 0.2) is 17.5 Å². The maximum absolute atomic E-state index is 11.2. The fourth-order valence-corrected chi connectivity index (χ4v) is 1.11. The molecule has 0 fully saturated rings. The third kappa shape index (κ3) is 2.23. The van der Waals surface area contributed by atoms with Crippen LogP contribution in [0.2, 0.25) is 0 Å². The Morgan fingerprint density at radius 3 is 3.00 bits per heavy atom. The standard InChI is InChI=1S/C7H8N2OS/c1-5(2)3-7(10)6-4-11-9-8-6/h4H,1,3H2,2H3. The Labute approximate surface area is 68.9 Å². The van der Waals surface area contributed by atoms with Crippen molar-refractivity contribution < 1.29 is 4.79 Å². The Balaban J connectivity index is 2.64. The van der Waals surface area contributed by atoms with E-state index in [-0.39, 0.29) is 5.78 Å². The normalized spacial score (nSPS) is 9.55. The van der Waals surface area contributed by atoms with Crippen molar-refractivity contribution in [2.24, 2.45) is 0 Å². The first kappa shape index (κ1) is 8.07. The summed E-state index contributed by atoms with van der Waals surface area (Å²) in [5, 5.41) is 5.29. The second kappa shape index (κ2) is 3.39. The van der Waals surface area contributed by atoms with Crippen molar-refractivity contribution in [3.8, 4) is 0 Å². The summed E-state index contributed by atoms with van der Waals surface area (Å²) >= 11 is 1.18. The molecular formula is C7H8N2OS. The number of rotatable bonds is 3. The van der Waals surface area contributed by atoms with Crippen molar-refractivity contribution in [1.82, 2.24) is 9.59 Å². The Hall–Kier alpha value is -1.03. The van der Waals surface area contributed by atoms with E-state index in [1.54, 1.807) is 5.38 Å². The molecule has 0 aromatic carbocycles. The zero-order valence-electron chi connectivity index (χ0n) is 6.20. The van der Waals surface area contributed by atoms with Crippen LogP contribution in [0, 0.1) is 0 Å². The predicted molar refractivity (Wildman–Crippen MR) is 43.7 cm³/mol. The summed E-state index contributed by atoms with van der Waals surface area (Å²) in [4.78, 5) is 11.2. The molecular weight excluding hydrogens is 160 g/mol. The maximum Gasteiger partial charge on any atom is 0.187 e. The molecule has 1 rings (SSSR count). The minimum atomic E-state index is -0.00810. The number of ketones is 1. The van der Waals surface area contributed by atoms with Crippen LogP contribution in [0.4, 0.5) is 0 Å². The number of hydrogen-bond donors (Lipinski definition) is 0. The van der Waals surface area contributed by atoms with Crippen molar-refractivity contribution in [1.29, 1.82) is 0 Å². The molecule has 0 radical (unpaired) electrons. The Morgan fingerprint density at radius 1 is 1.82 bits per heavy atom. The summed E-state index contributed by atoms with van der Waals surface area (Å²) in [6, 6.07) is 0. The SMILES string of the molecule is C=C(C)CC(=O)c1csnn1. The van der Waals surface area contributed by atoms with E-state index in [1.165, 1.54) is 11.5 Å². The number of aromatic nitrogens is 2. The molecule has 0 N–H and O–H groups in total. The molecule has 0 saturated heterocycles. The quantitative estimate of drug-likeness (QED) is 0.509. The fraction of sp³-hybridized carbons (Fsp3) is 0.286. The molecule has 0 aliphatic rings. The Bertz CT molecular complexity index is 266. The van der Waals surface area contributed by atoms with E-state index < -0.39 is 0 Å². The summed E-state index contributed by atoms with van der Waals surface area (Å²) in [5.41, 5.74) is 1.29. The minimum Gasteiger partial charge on any atom is -0.292 e. The highest BCUT2D eigenvalue weighted by molar-refractivity contribution is 7.03. The summed E-state index contributed by atoms with van der Waals surface area (Å²) in [5.74, 6) is -0.00810. The van der Waals surface area contributed by atoms with Crippen LogP contribution >= 0.6 is 11.5 Å². The van der Waals surface area contributed by atoms with E-state index in [0.717, 1.165) is 5.57 Å². The topological polar surface area (TPSA) is 42.9 Å². The molecule has 58 valence electrons. The molecule has 0 atom stereocenters. The van der Waals surface area contributed by atoms with Crippen molar-refractivity contribution >= 4 is 17.3 Å². The van der Waals surface area contributed by atoms with Crippen LogP contribution in [-0.4, -0.2) is 15.4 Å². The van der Waals surface area contributed by atoms with E-state index in [4.69, 9.17) is 0 Å². The average molecular weight is 168 g/mol. The number of carbonyl (C=O) groups excluding carboxylic acids is 1. The molecule has 1 aromatic rings. The summed E-state index contributed by atoms with van der Waals surface area (Å²) in [6.07, 6.45) is 0.366. The van der Waals surface area contributed by atoms with Crippen molar-refractivity contribution in [2.45, 2.75) is 13.3 Å². The molecule has 0 spiro atoms. The molecule has 1 heterocycles. The van der Waals surface area contributed by atoms with Gasteiger partial charge >= 0.3 is 0 Å². The molecule has 0 aliphatic carbocycles. The van der Waals surface area contributed by atoms with Crippen LogP contribution in [0.5, 0.6) is 0 Å². The first-order valence-electron chi connectivity index (χ1n) is 3.15.